The molecule has 18 heavy (non-hydrogen) atoms. The molecule has 1 heterocycles. The van der Waals surface area contributed by atoms with Crippen LogP contribution in [0.1, 0.15) is 19.8 Å². The van der Waals surface area contributed by atoms with Gasteiger partial charge in [0, 0.05) is 18.3 Å². The molecule has 2 N–H and O–H groups in total. The van der Waals surface area contributed by atoms with Crippen LogP contribution < -0.4 is 10.6 Å². The molecule has 1 aliphatic rings. The average molecular weight is 254 g/mol. The number of piperidine rings is 1. The lowest BCUT2D eigenvalue weighted by Crippen LogP contribution is -2.46. The Balaban J connectivity index is 2.08. The van der Waals surface area contributed by atoms with Crippen LogP contribution in [0, 0.1) is 17.0 Å². The summed E-state index contributed by atoms with van der Waals surface area (Å²) >= 11 is 0. The molecule has 2 rings (SSSR count). The summed E-state index contributed by atoms with van der Waals surface area (Å²) in [5, 5.41) is 5.80. The molecule has 1 aliphatic heterocycles. The van der Waals surface area contributed by atoms with Gasteiger partial charge in [0.1, 0.15) is 0 Å². The van der Waals surface area contributed by atoms with Crippen molar-refractivity contribution in [1.29, 1.82) is 0 Å². The number of anilines is 1. The van der Waals surface area contributed by atoms with Crippen LogP contribution in [0.3, 0.4) is 0 Å². The Bertz CT molecular complexity index is 456. The van der Waals surface area contributed by atoms with Gasteiger partial charge in [-0.3, -0.25) is 4.79 Å². The van der Waals surface area contributed by atoms with E-state index in [1.54, 1.807) is 0 Å². The predicted octanol–water partition coefficient (Wildman–Crippen LogP) is 2.29. The van der Waals surface area contributed by atoms with Crippen LogP contribution in [0.4, 0.5) is 14.5 Å². The number of nitrogens with one attached hydrogen (secondary N) is 2. The molecule has 1 aromatic rings. The SMILES string of the molecule is CC1(C(=O)Nc2ccc(F)c(F)c2)CCCNC1. The molecule has 1 aromatic carbocycles. The highest BCUT2D eigenvalue weighted by Crippen LogP contribution is 2.27. The van der Waals surface area contributed by atoms with E-state index in [-0.39, 0.29) is 11.6 Å². The van der Waals surface area contributed by atoms with Crippen molar-refractivity contribution in [1.82, 2.24) is 5.32 Å². The van der Waals surface area contributed by atoms with E-state index in [4.69, 9.17) is 0 Å². The minimum absolute atomic E-state index is 0.166. The Morgan fingerprint density at radius 1 is 1.39 bits per heavy atom. The first kappa shape index (κ1) is 13.0. The molecule has 1 fully saturated rings. The number of hydrogen-bond acceptors (Lipinski definition) is 2. The summed E-state index contributed by atoms with van der Waals surface area (Å²) in [7, 11) is 0. The molecule has 1 atom stereocenters. The minimum atomic E-state index is -0.959. The summed E-state index contributed by atoms with van der Waals surface area (Å²) in [6.45, 7) is 3.38. The first-order valence-corrected chi connectivity index (χ1v) is 5.98. The van der Waals surface area contributed by atoms with E-state index in [0.29, 0.717) is 6.54 Å². The van der Waals surface area contributed by atoms with Crippen LogP contribution in [0.25, 0.3) is 0 Å². The van der Waals surface area contributed by atoms with Crippen molar-refractivity contribution in [3.63, 3.8) is 0 Å². The second-order valence-corrected chi connectivity index (χ2v) is 4.92. The second kappa shape index (κ2) is 5.02. The summed E-state index contributed by atoms with van der Waals surface area (Å²) in [6, 6.07) is 3.36. The molecule has 0 bridgehead atoms. The van der Waals surface area contributed by atoms with Crippen LogP contribution in [0.15, 0.2) is 18.2 Å². The maximum absolute atomic E-state index is 13.0. The standard InChI is InChI=1S/C13H16F2N2O/c1-13(5-2-6-16-8-13)12(18)17-9-3-4-10(14)11(15)7-9/h3-4,7,16H,2,5-6,8H2,1H3,(H,17,18). The van der Waals surface area contributed by atoms with Gasteiger partial charge in [-0.15, -0.1) is 0 Å². The molecule has 0 radical (unpaired) electrons. The Hall–Kier alpha value is -1.49. The van der Waals surface area contributed by atoms with E-state index < -0.39 is 17.0 Å². The van der Waals surface area contributed by atoms with Crippen molar-refractivity contribution >= 4 is 11.6 Å². The summed E-state index contributed by atoms with van der Waals surface area (Å²) in [5.41, 5.74) is -0.214. The molecular formula is C13H16F2N2O. The number of hydrogen-bond donors (Lipinski definition) is 2. The number of rotatable bonds is 2. The maximum atomic E-state index is 13.0. The van der Waals surface area contributed by atoms with E-state index >= 15 is 0 Å². The Labute approximate surface area is 105 Å². The van der Waals surface area contributed by atoms with Crippen LogP contribution in [0.2, 0.25) is 0 Å². The molecular weight excluding hydrogens is 238 g/mol. The van der Waals surface area contributed by atoms with Crippen molar-refractivity contribution in [2.45, 2.75) is 19.8 Å². The number of amides is 1. The predicted molar refractivity (Wildman–Crippen MR) is 65.2 cm³/mol. The molecule has 0 spiro atoms. The van der Waals surface area contributed by atoms with Gasteiger partial charge in [-0.25, -0.2) is 8.78 Å². The van der Waals surface area contributed by atoms with Gasteiger partial charge in [0.25, 0.3) is 0 Å². The van der Waals surface area contributed by atoms with E-state index in [9.17, 15) is 13.6 Å². The van der Waals surface area contributed by atoms with Gasteiger partial charge in [-0.2, -0.15) is 0 Å². The fourth-order valence-corrected chi connectivity index (χ4v) is 2.11. The Morgan fingerprint density at radius 2 is 2.17 bits per heavy atom. The first-order chi connectivity index (χ1) is 8.51. The van der Waals surface area contributed by atoms with Crippen molar-refractivity contribution in [2.24, 2.45) is 5.41 Å². The lowest BCUT2D eigenvalue weighted by atomic mass is 9.82. The Morgan fingerprint density at radius 3 is 2.78 bits per heavy atom. The second-order valence-electron chi connectivity index (χ2n) is 4.92. The molecule has 1 saturated heterocycles. The highest BCUT2D eigenvalue weighted by molar-refractivity contribution is 5.95. The van der Waals surface area contributed by atoms with Crippen LogP contribution >= 0.6 is 0 Å². The first-order valence-electron chi connectivity index (χ1n) is 5.98. The molecule has 3 nitrogen and oxygen atoms in total. The summed E-state index contributed by atoms with van der Waals surface area (Å²) in [6.07, 6.45) is 1.72. The van der Waals surface area contributed by atoms with Gasteiger partial charge >= 0.3 is 0 Å². The molecule has 98 valence electrons. The fourth-order valence-electron chi connectivity index (χ4n) is 2.11. The van der Waals surface area contributed by atoms with Crippen molar-refractivity contribution in [3.05, 3.63) is 29.8 Å². The van der Waals surface area contributed by atoms with Gasteiger partial charge in [-0.05, 0) is 38.4 Å². The molecule has 0 saturated carbocycles. The highest BCUT2D eigenvalue weighted by atomic mass is 19.2. The van der Waals surface area contributed by atoms with E-state index in [0.717, 1.165) is 31.5 Å². The Kier molecular flexibility index (Phi) is 3.61. The molecule has 5 heteroatoms. The topological polar surface area (TPSA) is 41.1 Å². The van der Waals surface area contributed by atoms with Gasteiger partial charge in [0.05, 0.1) is 5.41 Å². The van der Waals surface area contributed by atoms with Crippen LogP contribution in [-0.4, -0.2) is 19.0 Å². The van der Waals surface area contributed by atoms with Crippen LogP contribution in [0.5, 0.6) is 0 Å². The lowest BCUT2D eigenvalue weighted by Gasteiger charge is -2.32. The van der Waals surface area contributed by atoms with E-state index in [1.165, 1.54) is 6.07 Å². The summed E-state index contributed by atoms with van der Waals surface area (Å²) in [5.74, 6) is -2.04. The maximum Gasteiger partial charge on any atom is 0.231 e. The van der Waals surface area contributed by atoms with E-state index in [1.807, 2.05) is 6.92 Å². The van der Waals surface area contributed by atoms with Crippen molar-refractivity contribution in [3.8, 4) is 0 Å². The number of carbonyl (C=O) groups excluding carboxylic acids is 1. The summed E-state index contributed by atoms with van der Waals surface area (Å²) < 4.78 is 25.8. The molecule has 0 aliphatic carbocycles. The van der Waals surface area contributed by atoms with Gasteiger partial charge in [0.2, 0.25) is 5.91 Å². The van der Waals surface area contributed by atoms with Gasteiger partial charge in [0.15, 0.2) is 11.6 Å². The van der Waals surface area contributed by atoms with Gasteiger partial charge in [-0.1, -0.05) is 0 Å². The monoisotopic (exact) mass is 254 g/mol. The highest BCUT2D eigenvalue weighted by Gasteiger charge is 2.34. The number of halogens is 2. The molecule has 1 amide bonds. The largest absolute Gasteiger partial charge is 0.325 e. The smallest absolute Gasteiger partial charge is 0.231 e. The number of carbonyl (C=O) groups is 1. The van der Waals surface area contributed by atoms with Gasteiger partial charge < -0.3 is 10.6 Å². The third-order valence-electron chi connectivity index (χ3n) is 3.32. The minimum Gasteiger partial charge on any atom is -0.325 e. The average Bonchev–Trinajstić information content (AvgIpc) is 2.35. The van der Waals surface area contributed by atoms with E-state index in [2.05, 4.69) is 10.6 Å². The normalized spacial score (nSPS) is 23.7. The zero-order valence-electron chi connectivity index (χ0n) is 10.2. The van der Waals surface area contributed by atoms with Crippen molar-refractivity contribution in [2.75, 3.05) is 18.4 Å². The third-order valence-corrected chi connectivity index (χ3v) is 3.32. The third kappa shape index (κ3) is 2.67. The van der Waals surface area contributed by atoms with Crippen LogP contribution in [-0.2, 0) is 4.79 Å². The van der Waals surface area contributed by atoms with Crippen molar-refractivity contribution < 1.29 is 13.6 Å². The molecule has 1 unspecified atom stereocenters. The zero-order chi connectivity index (χ0) is 13.2. The summed E-state index contributed by atoms with van der Waals surface area (Å²) in [4.78, 5) is 12.1. The fraction of sp³-hybridized carbons (Fsp3) is 0.462. The number of benzene rings is 1. The lowest BCUT2D eigenvalue weighted by molar-refractivity contribution is -0.125. The zero-order valence-corrected chi connectivity index (χ0v) is 10.2. The molecule has 0 aromatic heterocycles. The quantitative estimate of drug-likeness (QED) is 0.850.